The number of carbonyl (C=O) groups excluding carboxylic acids is 3. The number of rotatable bonds is 4. The highest BCUT2D eigenvalue weighted by atomic mass is 32.1. The molecule has 0 aliphatic carbocycles. The Morgan fingerprint density at radius 3 is 2.53 bits per heavy atom. The second-order valence-corrected chi connectivity index (χ2v) is 4.81. The number of benzene rings is 1. The third-order valence-electron chi connectivity index (χ3n) is 2.41. The minimum atomic E-state index is -0.632. The first-order valence-corrected chi connectivity index (χ1v) is 5.95. The average Bonchev–Trinajstić information content (AvgIpc) is 2.72. The van der Waals surface area contributed by atoms with Crippen LogP contribution >= 0.6 is 11.3 Å². The van der Waals surface area contributed by atoms with Crippen LogP contribution in [0.1, 0.15) is 23.0 Å². The van der Waals surface area contributed by atoms with Crippen molar-refractivity contribution >= 4 is 38.8 Å². The van der Waals surface area contributed by atoms with Gasteiger partial charge in [-0.2, -0.15) is 0 Å². The van der Waals surface area contributed by atoms with Gasteiger partial charge in [-0.25, -0.2) is 0 Å². The minimum Gasteiger partial charge on any atom is -0.293 e. The molecule has 0 aliphatic heterocycles. The van der Waals surface area contributed by atoms with E-state index in [-0.39, 0.29) is 12.2 Å². The smallest absolute Gasteiger partial charge is 0.205 e. The Balaban J connectivity index is 2.25. The first-order chi connectivity index (χ1) is 8.08. The zero-order valence-corrected chi connectivity index (χ0v) is 10.0. The minimum absolute atomic E-state index is 0.286. The largest absolute Gasteiger partial charge is 0.293 e. The molecule has 0 atom stereocenters. The first-order valence-electron chi connectivity index (χ1n) is 5.13. The predicted molar refractivity (Wildman–Crippen MR) is 66.5 cm³/mol. The fraction of sp³-hybridized carbons (Fsp3) is 0.154. The van der Waals surface area contributed by atoms with E-state index < -0.39 is 11.6 Å². The number of carbonyl (C=O) groups is 3. The van der Waals surface area contributed by atoms with Crippen molar-refractivity contribution in [3.05, 3.63) is 35.2 Å². The SMILES string of the molecule is CC(=O)C(=O)CC(=O)c1cc2ccccc2s1. The first kappa shape index (κ1) is 11.7. The van der Waals surface area contributed by atoms with Crippen molar-refractivity contribution in [2.45, 2.75) is 13.3 Å². The molecule has 86 valence electrons. The normalized spacial score (nSPS) is 10.4. The topological polar surface area (TPSA) is 51.2 Å². The van der Waals surface area contributed by atoms with E-state index >= 15 is 0 Å². The van der Waals surface area contributed by atoms with Crippen LogP contribution in [0.25, 0.3) is 10.1 Å². The van der Waals surface area contributed by atoms with Gasteiger partial charge in [0.05, 0.1) is 11.3 Å². The molecule has 0 saturated carbocycles. The van der Waals surface area contributed by atoms with E-state index in [4.69, 9.17) is 0 Å². The lowest BCUT2D eigenvalue weighted by Crippen LogP contribution is -2.14. The molecule has 2 aromatic rings. The van der Waals surface area contributed by atoms with Crippen LogP contribution in [-0.4, -0.2) is 17.3 Å². The summed E-state index contributed by atoms with van der Waals surface area (Å²) in [5.41, 5.74) is 0. The zero-order chi connectivity index (χ0) is 12.4. The Kier molecular flexibility index (Phi) is 3.15. The Morgan fingerprint density at radius 2 is 1.88 bits per heavy atom. The van der Waals surface area contributed by atoms with E-state index in [2.05, 4.69) is 0 Å². The zero-order valence-electron chi connectivity index (χ0n) is 9.23. The standard InChI is InChI=1S/C13H10O3S/c1-8(14)10(15)7-11(16)13-6-9-4-2-3-5-12(9)17-13/h2-6H,7H2,1H3. The molecule has 0 saturated heterocycles. The van der Waals surface area contributed by atoms with Gasteiger partial charge in [0.1, 0.15) is 0 Å². The fourth-order valence-electron chi connectivity index (χ4n) is 1.48. The van der Waals surface area contributed by atoms with Gasteiger partial charge in [0.25, 0.3) is 0 Å². The summed E-state index contributed by atoms with van der Waals surface area (Å²) in [4.78, 5) is 34.3. The number of ketones is 3. The number of fused-ring (bicyclic) bond motifs is 1. The third kappa shape index (κ3) is 2.47. The quantitative estimate of drug-likeness (QED) is 0.473. The number of thiophene rings is 1. The molecule has 0 unspecified atom stereocenters. The van der Waals surface area contributed by atoms with Crippen LogP contribution in [0.4, 0.5) is 0 Å². The highest BCUT2D eigenvalue weighted by Gasteiger charge is 2.17. The van der Waals surface area contributed by atoms with E-state index in [0.29, 0.717) is 4.88 Å². The van der Waals surface area contributed by atoms with Crippen LogP contribution in [0.2, 0.25) is 0 Å². The van der Waals surface area contributed by atoms with E-state index in [1.165, 1.54) is 18.3 Å². The summed E-state index contributed by atoms with van der Waals surface area (Å²) in [6.45, 7) is 1.18. The van der Waals surface area contributed by atoms with Gasteiger partial charge in [-0.05, 0) is 17.5 Å². The van der Waals surface area contributed by atoms with Gasteiger partial charge >= 0.3 is 0 Å². The molecule has 2 rings (SSSR count). The lowest BCUT2D eigenvalue weighted by Gasteiger charge is -1.93. The summed E-state index contributed by atoms with van der Waals surface area (Å²) in [7, 11) is 0. The van der Waals surface area contributed by atoms with Crippen molar-refractivity contribution in [3.63, 3.8) is 0 Å². The van der Waals surface area contributed by atoms with E-state index in [9.17, 15) is 14.4 Å². The molecule has 0 spiro atoms. The van der Waals surface area contributed by atoms with Crippen LogP contribution in [0, 0.1) is 0 Å². The van der Waals surface area contributed by atoms with Crippen molar-refractivity contribution in [2.75, 3.05) is 0 Å². The molecule has 0 amide bonds. The molecule has 1 aromatic carbocycles. The summed E-state index contributed by atoms with van der Waals surface area (Å²) in [5.74, 6) is -1.49. The van der Waals surface area contributed by atoms with E-state index in [1.54, 1.807) is 6.07 Å². The van der Waals surface area contributed by atoms with Crippen LogP contribution in [0.15, 0.2) is 30.3 Å². The maximum absolute atomic E-state index is 11.8. The monoisotopic (exact) mass is 246 g/mol. The Bertz CT molecular complexity index is 577. The van der Waals surface area contributed by atoms with Crippen LogP contribution in [-0.2, 0) is 9.59 Å². The molecule has 4 heteroatoms. The average molecular weight is 246 g/mol. The molecule has 0 aliphatic rings. The Hall–Kier alpha value is -1.81. The summed E-state index contributed by atoms with van der Waals surface area (Å²) in [5, 5.41) is 0.983. The van der Waals surface area contributed by atoms with Crippen molar-refractivity contribution in [3.8, 4) is 0 Å². The maximum atomic E-state index is 11.8. The molecular formula is C13H10O3S. The molecule has 17 heavy (non-hydrogen) atoms. The highest BCUT2D eigenvalue weighted by Crippen LogP contribution is 2.26. The molecule has 0 radical (unpaired) electrons. The van der Waals surface area contributed by atoms with Crippen molar-refractivity contribution in [1.29, 1.82) is 0 Å². The van der Waals surface area contributed by atoms with Gasteiger partial charge in [0.2, 0.25) is 5.78 Å². The van der Waals surface area contributed by atoms with E-state index in [0.717, 1.165) is 10.1 Å². The van der Waals surface area contributed by atoms with Crippen molar-refractivity contribution in [1.82, 2.24) is 0 Å². The Morgan fingerprint density at radius 1 is 1.18 bits per heavy atom. The maximum Gasteiger partial charge on any atom is 0.205 e. The third-order valence-corrected chi connectivity index (χ3v) is 3.57. The molecule has 1 heterocycles. The van der Waals surface area contributed by atoms with Gasteiger partial charge in [-0.3, -0.25) is 14.4 Å². The highest BCUT2D eigenvalue weighted by molar-refractivity contribution is 7.20. The lowest BCUT2D eigenvalue weighted by molar-refractivity contribution is -0.134. The van der Waals surface area contributed by atoms with Gasteiger partial charge in [0.15, 0.2) is 11.6 Å². The lowest BCUT2D eigenvalue weighted by atomic mass is 10.1. The van der Waals surface area contributed by atoms with E-state index in [1.807, 2.05) is 24.3 Å². The molecule has 0 N–H and O–H groups in total. The predicted octanol–water partition coefficient (Wildman–Crippen LogP) is 2.63. The van der Waals surface area contributed by atoms with Crippen LogP contribution < -0.4 is 0 Å². The summed E-state index contributed by atoms with van der Waals surface area (Å²) < 4.78 is 1.01. The fourth-order valence-corrected chi connectivity index (χ4v) is 2.48. The van der Waals surface area contributed by atoms with Crippen molar-refractivity contribution in [2.24, 2.45) is 0 Å². The molecule has 0 fully saturated rings. The Labute approximate surface area is 102 Å². The van der Waals surface area contributed by atoms with Gasteiger partial charge in [-0.15, -0.1) is 11.3 Å². The molecular weight excluding hydrogens is 236 g/mol. The number of hydrogen-bond donors (Lipinski definition) is 0. The number of hydrogen-bond acceptors (Lipinski definition) is 4. The summed E-state index contributed by atoms with van der Waals surface area (Å²) in [6, 6.07) is 9.38. The van der Waals surface area contributed by atoms with Gasteiger partial charge < -0.3 is 0 Å². The molecule has 1 aromatic heterocycles. The molecule has 3 nitrogen and oxygen atoms in total. The van der Waals surface area contributed by atoms with Gasteiger partial charge in [-0.1, -0.05) is 18.2 Å². The molecule has 0 bridgehead atoms. The second-order valence-electron chi connectivity index (χ2n) is 3.73. The van der Waals surface area contributed by atoms with Gasteiger partial charge in [0, 0.05) is 11.6 Å². The summed E-state index contributed by atoms with van der Waals surface area (Å²) in [6.07, 6.45) is -0.331. The van der Waals surface area contributed by atoms with Crippen LogP contribution in [0.5, 0.6) is 0 Å². The van der Waals surface area contributed by atoms with Crippen LogP contribution in [0.3, 0.4) is 0 Å². The van der Waals surface area contributed by atoms with Crippen molar-refractivity contribution < 1.29 is 14.4 Å². The number of Topliss-reactive ketones (excluding diaryl/α,β-unsaturated/α-hetero) is 3. The second kappa shape index (κ2) is 4.59. The summed E-state index contributed by atoms with van der Waals surface area (Å²) >= 11 is 1.35.